The van der Waals surface area contributed by atoms with Crippen LogP contribution >= 0.6 is 23.8 Å². The molecule has 0 bridgehead atoms. The lowest BCUT2D eigenvalue weighted by Gasteiger charge is -2.15. The van der Waals surface area contributed by atoms with Gasteiger partial charge in [0, 0.05) is 5.56 Å². The molecular formula is C17H18ClN3O4S. The van der Waals surface area contributed by atoms with Crippen molar-refractivity contribution in [1.82, 2.24) is 10.9 Å². The second kappa shape index (κ2) is 9.12. The first-order chi connectivity index (χ1) is 12.5. The summed E-state index contributed by atoms with van der Waals surface area (Å²) in [5.74, 6) is 0.700. The molecule has 3 N–H and O–H groups in total. The number of hydrogen-bond acceptors (Lipinski definition) is 5. The van der Waals surface area contributed by atoms with E-state index in [0.717, 1.165) is 0 Å². The lowest BCUT2D eigenvalue weighted by molar-refractivity contribution is 0.0943. The predicted octanol–water partition coefficient (Wildman–Crippen LogP) is 3.00. The molecule has 0 aliphatic heterocycles. The number of hydrazine groups is 1. The number of hydrogen-bond donors (Lipinski definition) is 3. The minimum atomic E-state index is -0.437. The molecule has 0 atom stereocenters. The van der Waals surface area contributed by atoms with Crippen molar-refractivity contribution in [2.45, 2.75) is 0 Å². The topological polar surface area (TPSA) is 80.9 Å². The van der Waals surface area contributed by atoms with Gasteiger partial charge in [-0.15, -0.1) is 0 Å². The first-order valence-electron chi connectivity index (χ1n) is 7.42. The zero-order chi connectivity index (χ0) is 19.1. The van der Waals surface area contributed by atoms with E-state index in [1.807, 2.05) is 6.07 Å². The van der Waals surface area contributed by atoms with Crippen LogP contribution in [-0.2, 0) is 0 Å². The Balaban J connectivity index is 2.05. The number of benzene rings is 2. The van der Waals surface area contributed by atoms with Crippen molar-refractivity contribution in [3.05, 3.63) is 47.0 Å². The number of thiocarbonyl (C=S) groups is 1. The number of halogens is 1. The Bertz CT molecular complexity index is 791. The summed E-state index contributed by atoms with van der Waals surface area (Å²) in [5.41, 5.74) is 6.02. The molecule has 7 nitrogen and oxygen atoms in total. The Hall–Kier alpha value is -2.71. The molecular weight excluding hydrogens is 378 g/mol. The van der Waals surface area contributed by atoms with Gasteiger partial charge in [0.1, 0.15) is 0 Å². The Morgan fingerprint density at radius 1 is 1.00 bits per heavy atom. The summed E-state index contributed by atoms with van der Waals surface area (Å²) in [6.07, 6.45) is 0. The molecule has 0 aliphatic carbocycles. The van der Waals surface area contributed by atoms with Crippen LogP contribution in [0.2, 0.25) is 5.02 Å². The summed E-state index contributed by atoms with van der Waals surface area (Å²) in [7, 11) is 4.43. The molecule has 0 unspecified atom stereocenters. The summed E-state index contributed by atoms with van der Waals surface area (Å²) in [6.45, 7) is 0. The highest BCUT2D eigenvalue weighted by molar-refractivity contribution is 7.80. The second-order valence-corrected chi connectivity index (χ2v) is 5.74. The van der Waals surface area contributed by atoms with Gasteiger partial charge in [-0.25, -0.2) is 0 Å². The van der Waals surface area contributed by atoms with Gasteiger partial charge in [0.2, 0.25) is 5.75 Å². The molecule has 0 aromatic heterocycles. The second-order valence-electron chi connectivity index (χ2n) is 4.93. The highest BCUT2D eigenvalue weighted by Crippen LogP contribution is 2.38. The zero-order valence-corrected chi connectivity index (χ0v) is 16.0. The first-order valence-corrected chi connectivity index (χ1v) is 8.20. The molecule has 0 spiro atoms. The van der Waals surface area contributed by atoms with Crippen LogP contribution in [0.15, 0.2) is 36.4 Å². The van der Waals surface area contributed by atoms with E-state index in [1.54, 1.807) is 18.2 Å². The summed E-state index contributed by atoms with van der Waals surface area (Å²) in [4.78, 5) is 12.4. The average Bonchev–Trinajstić information content (AvgIpc) is 2.66. The summed E-state index contributed by atoms with van der Waals surface area (Å²) in [6, 6.07) is 10.2. The van der Waals surface area contributed by atoms with Gasteiger partial charge in [-0.1, -0.05) is 23.7 Å². The van der Waals surface area contributed by atoms with Crippen LogP contribution in [-0.4, -0.2) is 32.3 Å². The molecule has 1 amide bonds. The van der Waals surface area contributed by atoms with Crippen LogP contribution in [0.25, 0.3) is 0 Å². The van der Waals surface area contributed by atoms with Gasteiger partial charge in [-0.3, -0.25) is 15.6 Å². The molecule has 0 heterocycles. The molecule has 2 rings (SSSR count). The number of rotatable bonds is 5. The van der Waals surface area contributed by atoms with Gasteiger partial charge in [0.05, 0.1) is 32.0 Å². The number of para-hydroxylation sites is 1. The van der Waals surface area contributed by atoms with E-state index in [-0.39, 0.29) is 5.11 Å². The molecule has 0 fully saturated rings. The normalized spacial score (nSPS) is 9.85. The van der Waals surface area contributed by atoms with Gasteiger partial charge >= 0.3 is 0 Å². The van der Waals surface area contributed by atoms with E-state index >= 15 is 0 Å². The number of nitrogens with one attached hydrogen (secondary N) is 3. The lowest BCUT2D eigenvalue weighted by atomic mass is 10.1. The highest BCUT2D eigenvalue weighted by Gasteiger charge is 2.17. The zero-order valence-electron chi connectivity index (χ0n) is 14.4. The van der Waals surface area contributed by atoms with Gasteiger partial charge in [-0.05, 0) is 36.5 Å². The SMILES string of the molecule is COc1cc(C(=O)NNC(=S)Nc2ccccc2Cl)cc(OC)c1OC. The monoisotopic (exact) mass is 395 g/mol. The first kappa shape index (κ1) is 19.6. The smallest absolute Gasteiger partial charge is 0.269 e. The quantitative estimate of drug-likeness (QED) is 0.530. The fourth-order valence-electron chi connectivity index (χ4n) is 2.11. The molecule has 2 aromatic rings. The molecule has 0 aliphatic rings. The van der Waals surface area contributed by atoms with Gasteiger partial charge in [-0.2, -0.15) is 0 Å². The fourth-order valence-corrected chi connectivity index (χ4v) is 2.46. The lowest BCUT2D eigenvalue weighted by Crippen LogP contribution is -2.43. The van der Waals surface area contributed by atoms with Gasteiger partial charge < -0.3 is 19.5 Å². The minimum Gasteiger partial charge on any atom is -0.493 e. The number of ether oxygens (including phenoxy) is 3. The van der Waals surface area contributed by atoms with E-state index < -0.39 is 5.91 Å². The third kappa shape index (κ3) is 4.68. The minimum absolute atomic E-state index is 0.180. The number of methoxy groups -OCH3 is 3. The van der Waals surface area contributed by atoms with Crippen LogP contribution in [0.3, 0.4) is 0 Å². The van der Waals surface area contributed by atoms with Crippen LogP contribution in [0, 0.1) is 0 Å². The Labute approximate surface area is 161 Å². The van der Waals surface area contributed by atoms with Crippen LogP contribution in [0.1, 0.15) is 10.4 Å². The maximum Gasteiger partial charge on any atom is 0.269 e. The highest BCUT2D eigenvalue weighted by atomic mass is 35.5. The van der Waals surface area contributed by atoms with Crippen molar-refractivity contribution in [3.63, 3.8) is 0 Å². The molecule has 26 heavy (non-hydrogen) atoms. The van der Waals surface area contributed by atoms with Crippen molar-refractivity contribution in [1.29, 1.82) is 0 Å². The largest absolute Gasteiger partial charge is 0.493 e. The fraction of sp³-hybridized carbons (Fsp3) is 0.176. The van der Waals surface area contributed by atoms with Crippen LogP contribution < -0.4 is 30.4 Å². The summed E-state index contributed by atoms with van der Waals surface area (Å²) in [5, 5.41) is 3.57. The average molecular weight is 396 g/mol. The maximum atomic E-state index is 12.4. The van der Waals surface area contributed by atoms with Crippen LogP contribution in [0.5, 0.6) is 17.2 Å². The Morgan fingerprint density at radius 3 is 2.15 bits per heavy atom. The number of carbonyl (C=O) groups excluding carboxylic acids is 1. The molecule has 2 aromatic carbocycles. The molecule has 9 heteroatoms. The van der Waals surface area contributed by atoms with Gasteiger partial charge in [0.15, 0.2) is 16.6 Å². The molecule has 0 saturated carbocycles. The third-order valence-corrected chi connectivity index (χ3v) is 3.87. The van der Waals surface area contributed by atoms with E-state index in [0.29, 0.717) is 33.5 Å². The predicted molar refractivity (Wildman–Crippen MR) is 104 cm³/mol. The van der Waals surface area contributed by atoms with E-state index in [4.69, 9.17) is 38.0 Å². The van der Waals surface area contributed by atoms with Gasteiger partial charge in [0.25, 0.3) is 5.91 Å². The van der Waals surface area contributed by atoms with E-state index in [9.17, 15) is 4.79 Å². The third-order valence-electron chi connectivity index (χ3n) is 3.34. The Kier molecular flexibility index (Phi) is 6.88. The number of amides is 1. The van der Waals surface area contributed by atoms with E-state index in [2.05, 4.69) is 16.2 Å². The molecule has 0 saturated heterocycles. The van der Waals surface area contributed by atoms with Crippen LogP contribution in [0.4, 0.5) is 5.69 Å². The van der Waals surface area contributed by atoms with E-state index in [1.165, 1.54) is 33.5 Å². The van der Waals surface area contributed by atoms with Crippen molar-refractivity contribution in [2.24, 2.45) is 0 Å². The number of carbonyl (C=O) groups is 1. The summed E-state index contributed by atoms with van der Waals surface area (Å²) >= 11 is 11.2. The van der Waals surface area contributed by atoms with Crippen molar-refractivity contribution in [2.75, 3.05) is 26.6 Å². The van der Waals surface area contributed by atoms with Crippen molar-refractivity contribution < 1.29 is 19.0 Å². The standard InChI is InChI=1S/C17H18ClN3O4S/c1-23-13-8-10(9-14(24-2)15(13)25-3)16(22)20-21-17(26)19-12-7-5-4-6-11(12)18/h4-9H,1-3H3,(H,20,22)(H2,19,21,26). The Morgan fingerprint density at radius 2 is 1.62 bits per heavy atom. The molecule has 0 radical (unpaired) electrons. The van der Waals surface area contributed by atoms with Crippen molar-refractivity contribution in [3.8, 4) is 17.2 Å². The maximum absolute atomic E-state index is 12.4. The summed E-state index contributed by atoms with van der Waals surface area (Å²) < 4.78 is 15.7. The molecule has 138 valence electrons. The van der Waals surface area contributed by atoms with Crippen molar-refractivity contribution >= 4 is 40.5 Å². The number of anilines is 1.